The predicted octanol–water partition coefficient (Wildman–Crippen LogP) is 3.84. The van der Waals surface area contributed by atoms with Crippen molar-refractivity contribution in [1.29, 1.82) is 0 Å². The van der Waals surface area contributed by atoms with E-state index in [0.29, 0.717) is 35.6 Å². The number of phenols is 1. The maximum atomic E-state index is 13.1. The van der Waals surface area contributed by atoms with Crippen LogP contribution in [0.25, 0.3) is 0 Å². The predicted molar refractivity (Wildman–Crippen MR) is 111 cm³/mol. The third-order valence-corrected chi connectivity index (χ3v) is 5.70. The Hall–Kier alpha value is -3.03. The molecule has 154 valence electrons. The summed E-state index contributed by atoms with van der Waals surface area (Å²) in [6, 6.07) is 5.06. The quantitative estimate of drug-likeness (QED) is 0.715. The van der Waals surface area contributed by atoms with Crippen molar-refractivity contribution in [3.63, 3.8) is 0 Å². The Morgan fingerprint density at radius 1 is 1.21 bits per heavy atom. The van der Waals surface area contributed by atoms with Gasteiger partial charge in [0.1, 0.15) is 5.75 Å². The van der Waals surface area contributed by atoms with E-state index in [9.17, 15) is 9.90 Å². The topological polar surface area (TPSA) is 104 Å². The molecule has 0 saturated heterocycles. The summed E-state index contributed by atoms with van der Waals surface area (Å²) in [6.07, 6.45) is 1.14. The van der Waals surface area contributed by atoms with Crippen molar-refractivity contribution in [2.24, 2.45) is 5.41 Å². The first kappa shape index (κ1) is 19.3. The minimum atomic E-state index is -0.542. The molecule has 8 heteroatoms. The second kappa shape index (κ2) is 7.09. The Morgan fingerprint density at radius 2 is 1.93 bits per heavy atom. The standard InChI is InChI=1S/C21H27N5O3/c1-5-26(6-2)12-7-8-13(15(27)9-12)18-17-14(10-21(3,4)11-16(17)28)22-19-20(23-18)25-29-24-19/h7-9,18,27H,5-6,10-11H2,1-4H3,(H,22,24)(H,23,25). The number of aromatic hydroxyl groups is 1. The molecule has 3 N–H and O–H groups in total. The number of allylic oxidation sites excluding steroid dienone is 1. The van der Waals surface area contributed by atoms with Crippen LogP contribution in [0.1, 0.15) is 52.1 Å². The van der Waals surface area contributed by atoms with E-state index in [0.717, 1.165) is 24.5 Å². The summed E-state index contributed by atoms with van der Waals surface area (Å²) in [5, 5.41) is 25.2. The van der Waals surface area contributed by atoms with Gasteiger partial charge in [-0.15, -0.1) is 0 Å². The number of aromatic nitrogens is 2. The van der Waals surface area contributed by atoms with Crippen molar-refractivity contribution >= 4 is 23.1 Å². The van der Waals surface area contributed by atoms with E-state index in [1.54, 1.807) is 6.07 Å². The molecule has 4 rings (SSSR count). The number of hydrogen-bond acceptors (Lipinski definition) is 8. The molecule has 0 saturated carbocycles. The maximum Gasteiger partial charge on any atom is 0.219 e. The van der Waals surface area contributed by atoms with Crippen LogP contribution in [-0.4, -0.2) is 34.3 Å². The van der Waals surface area contributed by atoms with Gasteiger partial charge in [-0.2, -0.15) is 0 Å². The molecule has 0 spiro atoms. The number of hydrogen-bond donors (Lipinski definition) is 3. The first-order valence-electron chi connectivity index (χ1n) is 10.0. The molecule has 2 aliphatic rings. The van der Waals surface area contributed by atoms with Crippen LogP contribution in [0.2, 0.25) is 0 Å². The molecule has 0 amide bonds. The third-order valence-electron chi connectivity index (χ3n) is 5.70. The number of anilines is 3. The Morgan fingerprint density at radius 3 is 2.62 bits per heavy atom. The number of fused-ring (bicyclic) bond motifs is 1. The molecule has 0 radical (unpaired) electrons. The zero-order chi connectivity index (χ0) is 20.8. The minimum Gasteiger partial charge on any atom is -0.507 e. The van der Waals surface area contributed by atoms with Gasteiger partial charge in [0.25, 0.3) is 0 Å². The van der Waals surface area contributed by atoms with E-state index >= 15 is 0 Å². The average molecular weight is 397 g/mol. The second-order valence-electron chi connectivity index (χ2n) is 8.41. The van der Waals surface area contributed by atoms with Crippen molar-refractivity contribution < 1.29 is 14.5 Å². The zero-order valence-electron chi connectivity index (χ0n) is 17.2. The summed E-state index contributed by atoms with van der Waals surface area (Å²) in [5.74, 6) is 1.05. The fourth-order valence-electron chi connectivity index (χ4n) is 4.29. The number of ketones is 1. The molecular formula is C21H27N5O3. The van der Waals surface area contributed by atoms with Gasteiger partial charge in [0.15, 0.2) is 5.78 Å². The molecule has 1 aromatic carbocycles. The monoisotopic (exact) mass is 397 g/mol. The Kier molecular flexibility index (Phi) is 4.72. The van der Waals surface area contributed by atoms with Crippen LogP contribution in [0, 0.1) is 5.41 Å². The van der Waals surface area contributed by atoms with Crippen molar-refractivity contribution in [3.8, 4) is 5.75 Å². The first-order valence-corrected chi connectivity index (χ1v) is 10.0. The van der Waals surface area contributed by atoms with Crippen LogP contribution in [0.3, 0.4) is 0 Å². The van der Waals surface area contributed by atoms with Crippen LogP contribution >= 0.6 is 0 Å². The smallest absolute Gasteiger partial charge is 0.219 e. The van der Waals surface area contributed by atoms with Gasteiger partial charge in [-0.3, -0.25) is 4.79 Å². The van der Waals surface area contributed by atoms with E-state index in [-0.39, 0.29) is 16.9 Å². The van der Waals surface area contributed by atoms with Gasteiger partial charge in [0, 0.05) is 48.1 Å². The van der Waals surface area contributed by atoms with Gasteiger partial charge in [0.05, 0.1) is 6.04 Å². The lowest BCUT2D eigenvalue weighted by Gasteiger charge is -2.34. The van der Waals surface area contributed by atoms with Gasteiger partial charge >= 0.3 is 0 Å². The summed E-state index contributed by atoms with van der Waals surface area (Å²) in [6.45, 7) is 9.98. The van der Waals surface area contributed by atoms with Gasteiger partial charge in [0.2, 0.25) is 11.6 Å². The van der Waals surface area contributed by atoms with Crippen molar-refractivity contribution in [1.82, 2.24) is 10.3 Å². The third kappa shape index (κ3) is 3.43. The van der Waals surface area contributed by atoms with E-state index in [1.807, 2.05) is 12.1 Å². The van der Waals surface area contributed by atoms with Crippen molar-refractivity contribution in [2.75, 3.05) is 28.6 Å². The molecular weight excluding hydrogens is 370 g/mol. The van der Waals surface area contributed by atoms with Crippen LogP contribution < -0.4 is 15.5 Å². The number of rotatable bonds is 4. The number of benzene rings is 1. The molecule has 1 atom stereocenters. The average Bonchev–Trinajstić information content (AvgIpc) is 3.01. The highest BCUT2D eigenvalue weighted by Crippen LogP contribution is 2.46. The van der Waals surface area contributed by atoms with Gasteiger partial charge < -0.3 is 20.6 Å². The highest BCUT2D eigenvalue weighted by atomic mass is 16.6. The fourth-order valence-corrected chi connectivity index (χ4v) is 4.29. The lowest BCUT2D eigenvalue weighted by molar-refractivity contribution is -0.118. The summed E-state index contributed by atoms with van der Waals surface area (Å²) in [7, 11) is 0. The number of nitrogens with one attached hydrogen (secondary N) is 2. The van der Waals surface area contributed by atoms with E-state index in [2.05, 4.69) is 53.5 Å². The fraction of sp³-hybridized carbons (Fsp3) is 0.476. The number of phenolic OH excluding ortho intramolecular Hbond substituents is 1. The summed E-state index contributed by atoms with van der Waals surface area (Å²) in [4.78, 5) is 15.3. The van der Waals surface area contributed by atoms with Crippen LogP contribution in [0.4, 0.5) is 17.3 Å². The molecule has 2 heterocycles. The Labute approximate surface area is 169 Å². The van der Waals surface area contributed by atoms with Gasteiger partial charge in [-0.1, -0.05) is 19.9 Å². The number of carbonyl (C=O) groups excluding carboxylic acids is 1. The molecule has 29 heavy (non-hydrogen) atoms. The van der Waals surface area contributed by atoms with E-state index in [4.69, 9.17) is 4.63 Å². The largest absolute Gasteiger partial charge is 0.507 e. The first-order chi connectivity index (χ1) is 13.8. The van der Waals surface area contributed by atoms with Gasteiger partial charge in [-0.05, 0) is 42.1 Å². The highest BCUT2D eigenvalue weighted by Gasteiger charge is 2.40. The SMILES string of the molecule is CCN(CC)c1ccc(C2Nc3nonc3NC3=C2C(=O)CC(C)(C)C3)c(O)c1. The zero-order valence-corrected chi connectivity index (χ0v) is 17.2. The number of nitrogens with zero attached hydrogens (tertiary/aromatic N) is 3. The molecule has 2 aromatic rings. The van der Waals surface area contributed by atoms with Gasteiger partial charge in [-0.25, -0.2) is 4.63 Å². The highest BCUT2D eigenvalue weighted by molar-refractivity contribution is 6.00. The molecule has 8 nitrogen and oxygen atoms in total. The molecule has 1 aliphatic carbocycles. The molecule has 0 fully saturated rings. The van der Waals surface area contributed by atoms with E-state index in [1.165, 1.54) is 0 Å². The Balaban J connectivity index is 1.82. The summed E-state index contributed by atoms with van der Waals surface area (Å²) in [5.41, 5.74) is 2.82. The summed E-state index contributed by atoms with van der Waals surface area (Å²) >= 11 is 0. The molecule has 1 unspecified atom stereocenters. The summed E-state index contributed by atoms with van der Waals surface area (Å²) < 4.78 is 4.87. The van der Waals surface area contributed by atoms with Crippen LogP contribution in [0.5, 0.6) is 5.75 Å². The molecule has 1 aliphatic heterocycles. The second-order valence-corrected chi connectivity index (χ2v) is 8.41. The number of carbonyl (C=O) groups is 1. The Bertz CT molecular complexity index is 974. The van der Waals surface area contributed by atoms with E-state index < -0.39 is 6.04 Å². The maximum absolute atomic E-state index is 13.1. The lowest BCUT2D eigenvalue weighted by Crippen LogP contribution is -2.31. The normalized spacial score (nSPS) is 20.3. The minimum absolute atomic E-state index is 0.0514. The molecule has 1 aromatic heterocycles. The van der Waals surface area contributed by atoms with Crippen molar-refractivity contribution in [2.45, 2.75) is 46.6 Å². The number of Topliss-reactive ketones (excluding diaryl/α,β-unsaturated/α-hetero) is 1. The molecule has 0 bridgehead atoms. The van der Waals surface area contributed by atoms with Crippen molar-refractivity contribution in [3.05, 3.63) is 35.0 Å². The van der Waals surface area contributed by atoms with Crippen LogP contribution in [0.15, 0.2) is 34.1 Å². The lowest BCUT2D eigenvalue weighted by atomic mass is 9.73. The van der Waals surface area contributed by atoms with Crippen LogP contribution in [-0.2, 0) is 4.79 Å².